The zero-order chi connectivity index (χ0) is 23.3. The second kappa shape index (κ2) is 10.1. The maximum absolute atomic E-state index is 13.3. The van der Waals surface area contributed by atoms with Gasteiger partial charge in [-0.25, -0.2) is 13.2 Å². The predicted molar refractivity (Wildman–Crippen MR) is 121 cm³/mol. The molecule has 1 heterocycles. The van der Waals surface area contributed by atoms with Crippen LogP contribution in [0.25, 0.3) is 0 Å². The molecule has 0 unspecified atom stereocenters. The highest BCUT2D eigenvalue weighted by molar-refractivity contribution is 7.89. The molecule has 1 atom stereocenters. The van der Waals surface area contributed by atoms with Crippen LogP contribution in [0.5, 0.6) is 5.75 Å². The van der Waals surface area contributed by atoms with Crippen molar-refractivity contribution in [3.63, 3.8) is 0 Å². The lowest BCUT2D eigenvalue weighted by atomic mass is 10.1. The van der Waals surface area contributed by atoms with Crippen molar-refractivity contribution in [3.8, 4) is 5.75 Å². The van der Waals surface area contributed by atoms with E-state index in [1.54, 1.807) is 31.2 Å². The van der Waals surface area contributed by atoms with Crippen LogP contribution in [0.4, 0.5) is 5.69 Å². The molecular formula is C23H28N2O6S. The smallest absolute Gasteiger partial charge is 0.338 e. The Kier molecular flexibility index (Phi) is 7.52. The fraction of sp³-hybridized carbons (Fsp3) is 0.391. The van der Waals surface area contributed by atoms with Gasteiger partial charge in [0.15, 0.2) is 0 Å². The first kappa shape index (κ1) is 23.7. The molecule has 0 aliphatic carbocycles. The van der Waals surface area contributed by atoms with E-state index in [2.05, 4.69) is 5.32 Å². The first-order valence-electron chi connectivity index (χ1n) is 10.6. The number of esters is 1. The summed E-state index contributed by atoms with van der Waals surface area (Å²) in [5, 5.41) is 2.72. The van der Waals surface area contributed by atoms with Crippen LogP contribution < -0.4 is 10.1 Å². The molecule has 0 aromatic heterocycles. The maximum Gasteiger partial charge on any atom is 0.338 e. The van der Waals surface area contributed by atoms with Crippen LogP contribution in [0, 0.1) is 0 Å². The van der Waals surface area contributed by atoms with E-state index in [1.165, 1.54) is 29.6 Å². The molecule has 0 saturated carbocycles. The average molecular weight is 461 g/mol. The van der Waals surface area contributed by atoms with Crippen molar-refractivity contribution >= 4 is 27.6 Å². The molecule has 0 bridgehead atoms. The average Bonchev–Trinajstić information content (AvgIpc) is 2.79. The standard InChI is InChI=1S/C23H28N2O6S/c1-4-31-23(27)17-8-11-19(12-9-17)24-22(26)18-10-13-20(30-3)21(15-18)32(28,29)25-14-6-5-7-16(25)2/h8-13,15-16H,4-7,14H2,1-3H3,(H,24,26)/t16-/m1/s1. The van der Waals surface area contributed by atoms with Gasteiger partial charge in [0, 0.05) is 23.8 Å². The number of methoxy groups -OCH3 is 1. The van der Waals surface area contributed by atoms with E-state index in [0.717, 1.165) is 19.3 Å². The molecule has 1 amide bonds. The van der Waals surface area contributed by atoms with Crippen molar-refractivity contribution < 1.29 is 27.5 Å². The number of hydrogen-bond donors (Lipinski definition) is 1. The van der Waals surface area contributed by atoms with Crippen molar-refractivity contribution in [1.29, 1.82) is 0 Å². The predicted octanol–water partition coefficient (Wildman–Crippen LogP) is 3.69. The van der Waals surface area contributed by atoms with E-state index >= 15 is 0 Å². The molecule has 0 spiro atoms. The molecule has 1 saturated heterocycles. The van der Waals surface area contributed by atoms with Gasteiger partial charge >= 0.3 is 5.97 Å². The van der Waals surface area contributed by atoms with Crippen molar-refractivity contribution in [1.82, 2.24) is 4.31 Å². The third-order valence-electron chi connectivity index (χ3n) is 5.41. The molecule has 2 aromatic carbocycles. The first-order chi connectivity index (χ1) is 15.3. The molecule has 1 aliphatic rings. The number of nitrogens with one attached hydrogen (secondary N) is 1. The van der Waals surface area contributed by atoms with Crippen LogP contribution in [0.1, 0.15) is 53.8 Å². The summed E-state index contributed by atoms with van der Waals surface area (Å²) in [5.41, 5.74) is 1.02. The number of carbonyl (C=O) groups excluding carboxylic acids is 2. The summed E-state index contributed by atoms with van der Waals surface area (Å²) in [6, 6.07) is 10.5. The molecular weight excluding hydrogens is 432 g/mol. The Hall–Kier alpha value is -2.91. The number of hydrogen-bond acceptors (Lipinski definition) is 6. The van der Waals surface area contributed by atoms with Crippen LogP contribution in [-0.4, -0.2) is 50.9 Å². The van der Waals surface area contributed by atoms with E-state index in [9.17, 15) is 18.0 Å². The Bertz CT molecular complexity index is 1080. The maximum atomic E-state index is 13.3. The Balaban J connectivity index is 1.84. The lowest BCUT2D eigenvalue weighted by molar-refractivity contribution is 0.0526. The molecule has 32 heavy (non-hydrogen) atoms. The summed E-state index contributed by atoms with van der Waals surface area (Å²) in [6.07, 6.45) is 2.58. The van der Waals surface area contributed by atoms with E-state index in [1.807, 2.05) is 6.92 Å². The molecule has 8 nitrogen and oxygen atoms in total. The summed E-state index contributed by atoms with van der Waals surface area (Å²) < 4.78 is 38.4. The van der Waals surface area contributed by atoms with Crippen molar-refractivity contribution in [2.24, 2.45) is 0 Å². The second-order valence-electron chi connectivity index (χ2n) is 7.58. The summed E-state index contributed by atoms with van der Waals surface area (Å²) >= 11 is 0. The van der Waals surface area contributed by atoms with Crippen molar-refractivity contribution in [3.05, 3.63) is 53.6 Å². The lowest BCUT2D eigenvalue weighted by Gasteiger charge is -2.32. The van der Waals surface area contributed by atoms with Gasteiger partial charge in [-0.3, -0.25) is 4.79 Å². The largest absolute Gasteiger partial charge is 0.495 e. The van der Waals surface area contributed by atoms with E-state index in [0.29, 0.717) is 17.8 Å². The van der Waals surface area contributed by atoms with Gasteiger partial charge in [-0.2, -0.15) is 4.31 Å². The molecule has 0 radical (unpaired) electrons. The van der Waals surface area contributed by atoms with Crippen molar-refractivity contribution in [2.45, 2.75) is 44.0 Å². The van der Waals surface area contributed by atoms with Crippen LogP contribution in [0.3, 0.4) is 0 Å². The molecule has 172 valence electrons. The highest BCUT2D eigenvalue weighted by Gasteiger charge is 2.33. The molecule has 3 rings (SSSR count). The number of benzene rings is 2. The van der Waals surface area contributed by atoms with Gasteiger partial charge in [-0.15, -0.1) is 0 Å². The summed E-state index contributed by atoms with van der Waals surface area (Å²) in [6.45, 7) is 4.33. The number of amides is 1. The third-order valence-corrected chi connectivity index (χ3v) is 7.44. The molecule has 9 heteroatoms. The number of piperidine rings is 1. The number of nitrogens with zero attached hydrogens (tertiary/aromatic N) is 1. The normalized spacial score (nSPS) is 16.9. The van der Waals surface area contributed by atoms with Crippen LogP contribution in [0.15, 0.2) is 47.4 Å². The Morgan fingerprint density at radius 1 is 1.09 bits per heavy atom. The topological polar surface area (TPSA) is 102 Å². The molecule has 1 fully saturated rings. The Morgan fingerprint density at radius 2 is 1.78 bits per heavy atom. The molecule has 1 aliphatic heterocycles. The van der Waals surface area contributed by atoms with Gasteiger partial charge < -0.3 is 14.8 Å². The number of carbonyl (C=O) groups is 2. The summed E-state index contributed by atoms with van der Waals surface area (Å²) in [4.78, 5) is 24.5. The summed E-state index contributed by atoms with van der Waals surface area (Å²) in [7, 11) is -2.42. The lowest BCUT2D eigenvalue weighted by Crippen LogP contribution is -2.42. The minimum Gasteiger partial charge on any atom is -0.495 e. The SMILES string of the molecule is CCOC(=O)c1ccc(NC(=O)c2ccc(OC)c(S(=O)(=O)N3CCCC[C@H]3C)c2)cc1. The van der Waals surface area contributed by atoms with Gasteiger partial charge in [0.25, 0.3) is 5.91 Å². The molecule has 1 N–H and O–H groups in total. The Morgan fingerprint density at radius 3 is 2.41 bits per heavy atom. The summed E-state index contributed by atoms with van der Waals surface area (Å²) in [5.74, 6) is -0.722. The van der Waals surface area contributed by atoms with Gasteiger partial charge in [0.1, 0.15) is 10.6 Å². The molecule has 2 aromatic rings. The second-order valence-corrected chi connectivity index (χ2v) is 9.44. The highest BCUT2D eigenvalue weighted by atomic mass is 32.2. The zero-order valence-corrected chi connectivity index (χ0v) is 19.3. The number of sulfonamides is 1. The van der Waals surface area contributed by atoms with Crippen molar-refractivity contribution in [2.75, 3.05) is 25.6 Å². The van der Waals surface area contributed by atoms with E-state index in [4.69, 9.17) is 9.47 Å². The van der Waals surface area contributed by atoms with Crippen LogP contribution >= 0.6 is 0 Å². The van der Waals surface area contributed by atoms with E-state index < -0.39 is 21.9 Å². The Labute approximate surface area is 188 Å². The zero-order valence-electron chi connectivity index (χ0n) is 18.5. The minimum absolute atomic E-state index is 0.0286. The van der Waals surface area contributed by atoms with Crippen LogP contribution in [-0.2, 0) is 14.8 Å². The fourth-order valence-electron chi connectivity index (χ4n) is 3.68. The highest BCUT2D eigenvalue weighted by Crippen LogP contribution is 2.32. The van der Waals surface area contributed by atoms with Crippen LogP contribution in [0.2, 0.25) is 0 Å². The number of ether oxygens (including phenoxy) is 2. The first-order valence-corrected chi connectivity index (χ1v) is 12.0. The number of anilines is 1. The van der Waals surface area contributed by atoms with Gasteiger partial charge in [-0.05, 0) is 69.2 Å². The van der Waals surface area contributed by atoms with Gasteiger partial charge in [-0.1, -0.05) is 6.42 Å². The monoisotopic (exact) mass is 460 g/mol. The minimum atomic E-state index is -3.83. The third kappa shape index (κ3) is 5.11. The fourth-order valence-corrected chi connectivity index (χ4v) is 5.56. The van der Waals surface area contributed by atoms with E-state index in [-0.39, 0.29) is 28.9 Å². The quantitative estimate of drug-likeness (QED) is 0.633. The van der Waals surface area contributed by atoms with Gasteiger partial charge in [0.2, 0.25) is 10.0 Å². The van der Waals surface area contributed by atoms with Gasteiger partial charge in [0.05, 0.1) is 19.3 Å². The number of rotatable bonds is 7.